The fourth-order valence-corrected chi connectivity index (χ4v) is 3.61. The second-order valence-electron chi connectivity index (χ2n) is 5.41. The van der Waals surface area contributed by atoms with Crippen molar-refractivity contribution >= 4 is 44.1 Å². The molecule has 3 aromatic heterocycles. The number of aliphatic hydroxyl groups is 1. The predicted octanol–water partition coefficient (Wildman–Crippen LogP) is 2.97. The lowest BCUT2D eigenvalue weighted by Crippen LogP contribution is -2.12. The number of rotatable bonds is 4. The quantitative estimate of drug-likeness (QED) is 0.530. The molecule has 7 heteroatoms. The van der Waals surface area contributed by atoms with E-state index in [9.17, 15) is 5.11 Å². The molecule has 1 aromatic carbocycles. The van der Waals surface area contributed by atoms with Crippen molar-refractivity contribution in [3.8, 4) is 0 Å². The SMILES string of the molecule is Nc1ccc2c(NC[C@@H](O)c3cc4ccccc4s3)ncnc2n1. The maximum atomic E-state index is 10.5. The Morgan fingerprint density at radius 1 is 1.17 bits per heavy atom. The van der Waals surface area contributed by atoms with Gasteiger partial charge >= 0.3 is 0 Å². The number of thiophene rings is 1. The number of fused-ring (bicyclic) bond motifs is 2. The lowest BCUT2D eigenvalue weighted by Gasteiger charge is -2.12. The van der Waals surface area contributed by atoms with E-state index in [0.29, 0.717) is 23.8 Å². The molecule has 0 aliphatic heterocycles. The predicted molar refractivity (Wildman–Crippen MR) is 97.0 cm³/mol. The topological polar surface area (TPSA) is 97.0 Å². The second-order valence-corrected chi connectivity index (χ2v) is 6.53. The van der Waals surface area contributed by atoms with E-state index in [4.69, 9.17) is 5.73 Å². The number of nitrogens with zero attached hydrogens (tertiary/aromatic N) is 3. The Bertz CT molecular complexity index is 983. The Kier molecular flexibility index (Phi) is 3.72. The van der Waals surface area contributed by atoms with Gasteiger partial charge in [-0.25, -0.2) is 15.0 Å². The molecule has 1 atom stereocenters. The molecule has 0 saturated heterocycles. The molecule has 0 amide bonds. The molecule has 120 valence electrons. The molecule has 0 radical (unpaired) electrons. The Hall–Kier alpha value is -2.77. The molecule has 4 N–H and O–H groups in total. The first-order chi connectivity index (χ1) is 11.7. The summed E-state index contributed by atoms with van der Waals surface area (Å²) in [5, 5.41) is 15.6. The summed E-state index contributed by atoms with van der Waals surface area (Å²) in [4.78, 5) is 13.4. The molecular weight excluding hydrogens is 322 g/mol. The van der Waals surface area contributed by atoms with Crippen LogP contribution in [0.1, 0.15) is 11.0 Å². The Labute approximate surface area is 142 Å². The van der Waals surface area contributed by atoms with Crippen LogP contribution in [-0.4, -0.2) is 26.6 Å². The van der Waals surface area contributed by atoms with Crippen molar-refractivity contribution in [1.82, 2.24) is 15.0 Å². The van der Waals surface area contributed by atoms with E-state index in [1.165, 1.54) is 11.0 Å². The summed E-state index contributed by atoms with van der Waals surface area (Å²) >= 11 is 1.59. The van der Waals surface area contributed by atoms with Gasteiger partial charge in [-0.2, -0.15) is 0 Å². The van der Waals surface area contributed by atoms with Crippen molar-refractivity contribution in [3.63, 3.8) is 0 Å². The van der Waals surface area contributed by atoms with E-state index < -0.39 is 6.10 Å². The van der Waals surface area contributed by atoms with Gasteiger partial charge in [0, 0.05) is 16.1 Å². The van der Waals surface area contributed by atoms with Gasteiger partial charge in [-0.1, -0.05) is 18.2 Å². The number of aliphatic hydroxyl groups excluding tert-OH is 1. The number of benzene rings is 1. The van der Waals surface area contributed by atoms with Crippen LogP contribution in [0.5, 0.6) is 0 Å². The van der Waals surface area contributed by atoms with E-state index in [1.807, 2.05) is 30.3 Å². The van der Waals surface area contributed by atoms with Gasteiger partial charge in [0.1, 0.15) is 24.1 Å². The van der Waals surface area contributed by atoms with Gasteiger partial charge in [-0.05, 0) is 29.7 Å². The fourth-order valence-electron chi connectivity index (χ4n) is 2.56. The summed E-state index contributed by atoms with van der Waals surface area (Å²) in [6.45, 7) is 0.351. The highest BCUT2D eigenvalue weighted by atomic mass is 32.1. The first-order valence-corrected chi connectivity index (χ1v) is 8.30. The van der Waals surface area contributed by atoms with E-state index in [1.54, 1.807) is 17.4 Å². The summed E-state index contributed by atoms with van der Waals surface area (Å²) in [5.41, 5.74) is 6.21. The van der Waals surface area contributed by atoms with Crippen LogP contribution in [0.3, 0.4) is 0 Å². The van der Waals surface area contributed by atoms with Gasteiger partial charge in [-0.3, -0.25) is 0 Å². The highest BCUT2D eigenvalue weighted by Crippen LogP contribution is 2.30. The normalized spacial score (nSPS) is 12.5. The maximum Gasteiger partial charge on any atom is 0.166 e. The first kappa shape index (κ1) is 14.8. The van der Waals surface area contributed by atoms with Crippen LogP contribution in [0.25, 0.3) is 21.1 Å². The highest BCUT2D eigenvalue weighted by molar-refractivity contribution is 7.19. The molecule has 0 unspecified atom stereocenters. The zero-order chi connectivity index (χ0) is 16.5. The van der Waals surface area contributed by atoms with Crippen LogP contribution in [0.4, 0.5) is 11.6 Å². The second kappa shape index (κ2) is 6.03. The van der Waals surface area contributed by atoms with Gasteiger partial charge < -0.3 is 16.2 Å². The number of nitrogens with one attached hydrogen (secondary N) is 1. The van der Waals surface area contributed by atoms with Gasteiger partial charge in [0.15, 0.2) is 5.65 Å². The third-order valence-electron chi connectivity index (χ3n) is 3.75. The average molecular weight is 337 g/mol. The average Bonchev–Trinajstić information content (AvgIpc) is 3.03. The van der Waals surface area contributed by atoms with Crippen LogP contribution in [-0.2, 0) is 0 Å². The summed E-state index contributed by atoms with van der Waals surface area (Å²) in [7, 11) is 0. The molecule has 4 aromatic rings. The van der Waals surface area contributed by atoms with Crippen LogP contribution in [0, 0.1) is 0 Å². The first-order valence-electron chi connectivity index (χ1n) is 7.48. The van der Waals surface area contributed by atoms with Crippen molar-refractivity contribution in [2.24, 2.45) is 0 Å². The third kappa shape index (κ3) is 2.75. The lowest BCUT2D eigenvalue weighted by atomic mass is 10.2. The number of nitrogen functional groups attached to an aromatic ring is 1. The Morgan fingerprint density at radius 3 is 2.92 bits per heavy atom. The smallest absolute Gasteiger partial charge is 0.166 e. The molecule has 0 aliphatic rings. The molecule has 4 rings (SSSR count). The largest absolute Gasteiger partial charge is 0.386 e. The van der Waals surface area contributed by atoms with E-state index in [2.05, 4.69) is 26.3 Å². The van der Waals surface area contributed by atoms with Crippen molar-refractivity contribution in [3.05, 3.63) is 53.7 Å². The molecule has 0 aliphatic carbocycles. The van der Waals surface area contributed by atoms with Gasteiger partial charge in [0.05, 0.1) is 5.39 Å². The molecule has 0 fully saturated rings. The molecule has 24 heavy (non-hydrogen) atoms. The number of nitrogens with two attached hydrogens (primary N) is 1. The zero-order valence-electron chi connectivity index (χ0n) is 12.7. The molecule has 0 spiro atoms. The number of hydrogen-bond donors (Lipinski definition) is 3. The van der Waals surface area contributed by atoms with Gasteiger partial charge in [-0.15, -0.1) is 11.3 Å². The molecular formula is C17H15N5OS. The van der Waals surface area contributed by atoms with Crippen LogP contribution in [0.15, 0.2) is 48.8 Å². The maximum absolute atomic E-state index is 10.5. The van der Waals surface area contributed by atoms with Crippen LogP contribution >= 0.6 is 11.3 Å². The van der Waals surface area contributed by atoms with Crippen LogP contribution < -0.4 is 11.1 Å². The van der Waals surface area contributed by atoms with Crippen molar-refractivity contribution in [2.75, 3.05) is 17.6 Å². The van der Waals surface area contributed by atoms with Crippen molar-refractivity contribution < 1.29 is 5.11 Å². The van der Waals surface area contributed by atoms with E-state index >= 15 is 0 Å². The lowest BCUT2D eigenvalue weighted by molar-refractivity contribution is 0.195. The van der Waals surface area contributed by atoms with Gasteiger partial charge in [0.25, 0.3) is 0 Å². The van der Waals surface area contributed by atoms with Gasteiger partial charge in [0.2, 0.25) is 0 Å². The minimum atomic E-state index is -0.617. The minimum absolute atomic E-state index is 0.351. The Balaban J connectivity index is 1.56. The van der Waals surface area contributed by atoms with Crippen molar-refractivity contribution in [2.45, 2.75) is 6.10 Å². The van der Waals surface area contributed by atoms with E-state index in [-0.39, 0.29) is 0 Å². The minimum Gasteiger partial charge on any atom is -0.386 e. The molecule has 6 nitrogen and oxygen atoms in total. The molecule has 3 heterocycles. The number of anilines is 2. The Morgan fingerprint density at radius 2 is 2.04 bits per heavy atom. The monoisotopic (exact) mass is 337 g/mol. The fraction of sp³-hybridized carbons (Fsp3) is 0.118. The number of hydrogen-bond acceptors (Lipinski definition) is 7. The van der Waals surface area contributed by atoms with Crippen molar-refractivity contribution in [1.29, 1.82) is 0 Å². The summed E-state index contributed by atoms with van der Waals surface area (Å²) < 4.78 is 1.17. The third-order valence-corrected chi connectivity index (χ3v) is 4.97. The highest BCUT2D eigenvalue weighted by Gasteiger charge is 2.13. The summed E-state index contributed by atoms with van der Waals surface area (Å²) in [6.07, 6.45) is 0.817. The summed E-state index contributed by atoms with van der Waals surface area (Å²) in [5.74, 6) is 1.05. The molecule has 0 bridgehead atoms. The number of pyridine rings is 1. The standard InChI is InChI=1S/C17H15N5OS/c18-15-6-5-11-16(20-9-21-17(11)22-15)19-8-12(23)14-7-10-3-1-2-4-13(10)24-14/h1-7,9,12,23H,8H2,(H3,18,19,20,21,22)/t12-/m1/s1. The zero-order valence-corrected chi connectivity index (χ0v) is 13.5. The van der Waals surface area contributed by atoms with Crippen LogP contribution in [0.2, 0.25) is 0 Å². The molecule has 0 saturated carbocycles. The van der Waals surface area contributed by atoms with E-state index in [0.717, 1.165) is 15.6 Å². The number of aromatic nitrogens is 3. The summed E-state index contributed by atoms with van der Waals surface area (Å²) in [6, 6.07) is 13.6.